The predicted molar refractivity (Wildman–Crippen MR) is 74.2 cm³/mol. The van der Waals surface area contributed by atoms with Crippen LogP contribution in [0.5, 0.6) is 0 Å². The van der Waals surface area contributed by atoms with Gasteiger partial charge in [-0.3, -0.25) is 4.72 Å². The standard InChI is InChI=1S/C14H13F2NO3S/c1-9(18)10-4-2-5-11(8-10)21(19,20)17-14-12(15)6-3-7-13(14)16/h2-9,17-18H,1H3. The van der Waals surface area contributed by atoms with Crippen molar-refractivity contribution in [3.63, 3.8) is 0 Å². The Balaban J connectivity index is 2.41. The topological polar surface area (TPSA) is 66.4 Å². The van der Waals surface area contributed by atoms with E-state index in [0.29, 0.717) is 5.56 Å². The van der Waals surface area contributed by atoms with Crippen LogP contribution in [0.1, 0.15) is 18.6 Å². The maximum absolute atomic E-state index is 13.5. The maximum Gasteiger partial charge on any atom is 0.262 e. The van der Waals surface area contributed by atoms with Gasteiger partial charge in [-0.1, -0.05) is 18.2 Å². The Morgan fingerprint density at radius 2 is 1.67 bits per heavy atom. The first-order valence-corrected chi connectivity index (χ1v) is 7.54. The predicted octanol–water partition coefficient (Wildman–Crippen LogP) is 2.82. The molecule has 0 bridgehead atoms. The first-order valence-electron chi connectivity index (χ1n) is 6.06. The number of rotatable bonds is 4. The molecule has 0 fully saturated rings. The molecule has 0 saturated carbocycles. The van der Waals surface area contributed by atoms with Crippen molar-refractivity contribution in [2.45, 2.75) is 17.9 Å². The zero-order chi connectivity index (χ0) is 15.6. The molecule has 0 amide bonds. The van der Waals surface area contributed by atoms with Gasteiger partial charge in [0.25, 0.3) is 10.0 Å². The molecule has 2 aromatic carbocycles. The largest absolute Gasteiger partial charge is 0.389 e. The molecule has 1 unspecified atom stereocenters. The quantitative estimate of drug-likeness (QED) is 0.912. The van der Waals surface area contributed by atoms with Gasteiger partial charge in [-0.25, -0.2) is 17.2 Å². The minimum Gasteiger partial charge on any atom is -0.389 e. The summed E-state index contributed by atoms with van der Waals surface area (Å²) in [5, 5.41) is 9.46. The number of nitrogens with one attached hydrogen (secondary N) is 1. The molecular formula is C14H13F2NO3S. The highest BCUT2D eigenvalue weighted by Crippen LogP contribution is 2.23. The summed E-state index contributed by atoms with van der Waals surface area (Å²) in [7, 11) is -4.16. The summed E-state index contributed by atoms with van der Waals surface area (Å²) in [6.45, 7) is 1.48. The van der Waals surface area contributed by atoms with Gasteiger partial charge >= 0.3 is 0 Å². The molecule has 0 spiro atoms. The highest BCUT2D eigenvalue weighted by atomic mass is 32.2. The summed E-state index contributed by atoms with van der Waals surface area (Å²) in [6.07, 6.45) is -0.856. The van der Waals surface area contributed by atoms with Gasteiger partial charge in [0.1, 0.15) is 17.3 Å². The van der Waals surface area contributed by atoms with Gasteiger partial charge in [0.2, 0.25) is 0 Å². The Bertz CT molecular complexity index is 740. The number of hydrogen-bond donors (Lipinski definition) is 2. The third-order valence-corrected chi connectivity index (χ3v) is 4.20. The van der Waals surface area contributed by atoms with E-state index in [0.717, 1.165) is 18.2 Å². The van der Waals surface area contributed by atoms with Crippen molar-refractivity contribution >= 4 is 15.7 Å². The van der Waals surface area contributed by atoms with Crippen molar-refractivity contribution in [2.24, 2.45) is 0 Å². The lowest BCUT2D eigenvalue weighted by molar-refractivity contribution is 0.199. The van der Waals surface area contributed by atoms with Crippen LogP contribution in [0, 0.1) is 11.6 Å². The summed E-state index contributed by atoms with van der Waals surface area (Å²) in [6, 6.07) is 8.54. The summed E-state index contributed by atoms with van der Waals surface area (Å²) in [5.41, 5.74) is -0.355. The van der Waals surface area contributed by atoms with Crippen LogP contribution in [-0.2, 0) is 10.0 Å². The molecule has 4 nitrogen and oxygen atoms in total. The molecule has 112 valence electrons. The van der Waals surface area contributed by atoms with Crippen molar-refractivity contribution in [1.29, 1.82) is 0 Å². The second kappa shape index (κ2) is 5.79. The maximum atomic E-state index is 13.5. The molecule has 0 radical (unpaired) electrons. The molecule has 0 aliphatic carbocycles. The number of aliphatic hydroxyl groups excluding tert-OH is 1. The van der Waals surface area contributed by atoms with Crippen molar-refractivity contribution < 1.29 is 22.3 Å². The number of halogens is 2. The highest BCUT2D eigenvalue weighted by molar-refractivity contribution is 7.92. The van der Waals surface area contributed by atoms with E-state index in [2.05, 4.69) is 0 Å². The average Bonchev–Trinajstić information content (AvgIpc) is 2.43. The lowest BCUT2D eigenvalue weighted by Crippen LogP contribution is -2.15. The smallest absolute Gasteiger partial charge is 0.262 e. The number of hydrogen-bond acceptors (Lipinski definition) is 3. The monoisotopic (exact) mass is 313 g/mol. The number of anilines is 1. The summed E-state index contributed by atoms with van der Waals surface area (Å²) >= 11 is 0. The van der Waals surface area contributed by atoms with Crippen molar-refractivity contribution in [1.82, 2.24) is 0 Å². The van der Waals surface area contributed by atoms with Crippen LogP contribution < -0.4 is 4.72 Å². The van der Waals surface area contributed by atoms with Gasteiger partial charge in [-0.05, 0) is 36.8 Å². The number of aliphatic hydroxyl groups is 1. The van der Waals surface area contributed by atoms with Crippen LogP contribution in [0.25, 0.3) is 0 Å². The summed E-state index contributed by atoms with van der Waals surface area (Å²) in [5.74, 6) is -2.02. The third kappa shape index (κ3) is 3.37. The van der Waals surface area contributed by atoms with E-state index in [1.807, 2.05) is 4.72 Å². The first-order chi connectivity index (χ1) is 9.81. The van der Waals surface area contributed by atoms with Crippen LogP contribution in [0.2, 0.25) is 0 Å². The van der Waals surface area contributed by atoms with Gasteiger partial charge in [-0.15, -0.1) is 0 Å². The van der Waals surface area contributed by atoms with Gasteiger partial charge < -0.3 is 5.11 Å². The van der Waals surface area contributed by atoms with Crippen LogP contribution >= 0.6 is 0 Å². The minimum atomic E-state index is -4.16. The van der Waals surface area contributed by atoms with E-state index in [-0.39, 0.29) is 4.90 Å². The van der Waals surface area contributed by atoms with Gasteiger partial charge in [0.05, 0.1) is 11.0 Å². The molecule has 21 heavy (non-hydrogen) atoms. The fourth-order valence-electron chi connectivity index (χ4n) is 1.73. The van der Waals surface area contributed by atoms with Crippen LogP contribution in [0.15, 0.2) is 47.4 Å². The lowest BCUT2D eigenvalue weighted by Gasteiger charge is -2.11. The Labute approximate surface area is 121 Å². The van der Waals surface area contributed by atoms with Gasteiger partial charge in [-0.2, -0.15) is 0 Å². The van der Waals surface area contributed by atoms with Gasteiger partial charge in [0, 0.05) is 0 Å². The lowest BCUT2D eigenvalue weighted by atomic mass is 10.1. The van der Waals surface area contributed by atoms with E-state index in [4.69, 9.17) is 0 Å². The van der Waals surface area contributed by atoms with Gasteiger partial charge in [0.15, 0.2) is 0 Å². The SMILES string of the molecule is CC(O)c1cccc(S(=O)(=O)Nc2c(F)cccc2F)c1. The zero-order valence-electron chi connectivity index (χ0n) is 11.0. The van der Waals surface area contributed by atoms with Crippen LogP contribution in [-0.4, -0.2) is 13.5 Å². The summed E-state index contributed by atoms with van der Waals surface area (Å²) in [4.78, 5) is -0.191. The van der Waals surface area contributed by atoms with E-state index < -0.39 is 33.4 Å². The molecule has 7 heteroatoms. The molecule has 1 atom stereocenters. The van der Waals surface area contributed by atoms with E-state index in [1.165, 1.54) is 25.1 Å². The molecule has 0 aliphatic heterocycles. The Kier molecular flexibility index (Phi) is 4.24. The Hall–Kier alpha value is -1.99. The summed E-state index contributed by atoms with van der Waals surface area (Å²) < 4.78 is 53.2. The highest BCUT2D eigenvalue weighted by Gasteiger charge is 2.19. The van der Waals surface area contributed by atoms with Crippen molar-refractivity contribution in [3.05, 3.63) is 59.7 Å². The minimum absolute atomic E-state index is 0.191. The Morgan fingerprint density at radius 3 is 2.24 bits per heavy atom. The fraction of sp³-hybridized carbons (Fsp3) is 0.143. The molecule has 0 aromatic heterocycles. The molecule has 0 saturated heterocycles. The third-order valence-electron chi connectivity index (χ3n) is 2.85. The molecule has 2 aromatic rings. The Morgan fingerprint density at radius 1 is 1.10 bits per heavy atom. The average molecular weight is 313 g/mol. The van der Waals surface area contributed by atoms with E-state index in [1.54, 1.807) is 6.07 Å². The molecule has 2 N–H and O–H groups in total. The fourth-order valence-corrected chi connectivity index (χ4v) is 2.86. The van der Waals surface area contributed by atoms with Crippen molar-refractivity contribution in [3.8, 4) is 0 Å². The van der Waals surface area contributed by atoms with Crippen LogP contribution in [0.3, 0.4) is 0 Å². The zero-order valence-corrected chi connectivity index (χ0v) is 11.9. The molecule has 2 rings (SSSR count). The van der Waals surface area contributed by atoms with E-state index in [9.17, 15) is 22.3 Å². The number of benzene rings is 2. The molecular weight excluding hydrogens is 300 g/mol. The normalized spacial score (nSPS) is 13.0. The van der Waals surface area contributed by atoms with E-state index >= 15 is 0 Å². The van der Waals surface area contributed by atoms with Crippen LogP contribution in [0.4, 0.5) is 14.5 Å². The second-order valence-corrected chi connectivity index (χ2v) is 6.13. The molecule has 0 heterocycles. The molecule has 0 aliphatic rings. The van der Waals surface area contributed by atoms with Crippen molar-refractivity contribution in [2.75, 3.05) is 4.72 Å². The number of sulfonamides is 1. The first kappa shape index (κ1) is 15.4. The number of para-hydroxylation sites is 1. The second-order valence-electron chi connectivity index (χ2n) is 4.45.